The number of methoxy groups -OCH3 is 1. The molecule has 2 aliphatic rings. The molecule has 1 amide bonds. The fourth-order valence-corrected chi connectivity index (χ4v) is 8.27. The lowest BCUT2D eigenvalue weighted by Gasteiger charge is -2.61. The molecule has 0 aliphatic carbocycles. The van der Waals surface area contributed by atoms with Gasteiger partial charge >= 0.3 is 5.97 Å². The molecule has 45 heavy (non-hydrogen) atoms. The van der Waals surface area contributed by atoms with Crippen molar-refractivity contribution in [1.29, 1.82) is 0 Å². The third-order valence-electron chi connectivity index (χ3n) is 11.5. The van der Waals surface area contributed by atoms with E-state index in [1.54, 1.807) is 0 Å². The van der Waals surface area contributed by atoms with E-state index < -0.39 is 33.7 Å². The Kier molecular flexibility index (Phi) is 6.96. The Morgan fingerprint density at radius 1 is 0.711 bits per heavy atom. The first-order valence-electron chi connectivity index (χ1n) is 16.0. The van der Waals surface area contributed by atoms with E-state index in [0.717, 1.165) is 55.7 Å². The van der Waals surface area contributed by atoms with Gasteiger partial charge in [-0.1, -0.05) is 34.6 Å². The summed E-state index contributed by atoms with van der Waals surface area (Å²) < 4.78 is 18.4. The van der Waals surface area contributed by atoms with E-state index >= 15 is 4.79 Å². The van der Waals surface area contributed by atoms with Gasteiger partial charge in [0.2, 0.25) is 11.7 Å². The van der Waals surface area contributed by atoms with Crippen molar-refractivity contribution in [3.8, 4) is 11.5 Å². The second-order valence-corrected chi connectivity index (χ2v) is 15.8. The predicted molar refractivity (Wildman–Crippen MR) is 179 cm³/mol. The Balaban J connectivity index is 2.11. The van der Waals surface area contributed by atoms with E-state index in [1.165, 1.54) is 23.8 Å². The first kappa shape index (κ1) is 32.9. The highest BCUT2D eigenvalue weighted by molar-refractivity contribution is 5.99. The standard InChI is InChI=1S/C38H52N2O5/c1-18-19(2)22(5)28-25(20(18)3)27-31(39-28)37(15,26-21(4)23(6)29-30(24(26)7)45-36(13,14)44-29)40(32(41)34(8,9)10)38(16,33(42)43-17)35(27,11)12/h39H,1-17H3/t37-,38+/m1/s1. The topological polar surface area (TPSA) is 80.9 Å². The second kappa shape index (κ2) is 9.52. The molecule has 2 aromatic carbocycles. The minimum absolute atomic E-state index is 0.148. The Hall–Kier alpha value is -3.48. The van der Waals surface area contributed by atoms with Crippen LogP contribution in [0.25, 0.3) is 10.9 Å². The number of hydrogen-bond donors (Lipinski definition) is 1. The van der Waals surface area contributed by atoms with Crippen LogP contribution in [0.2, 0.25) is 0 Å². The van der Waals surface area contributed by atoms with Crippen LogP contribution in [0.3, 0.4) is 0 Å². The number of esters is 1. The number of nitrogens with zero attached hydrogens (tertiary/aromatic N) is 1. The summed E-state index contributed by atoms with van der Waals surface area (Å²) in [7, 11) is 1.41. The lowest BCUT2D eigenvalue weighted by atomic mass is 9.58. The zero-order valence-corrected chi connectivity index (χ0v) is 30.5. The highest BCUT2D eigenvalue weighted by Gasteiger charge is 2.67. The van der Waals surface area contributed by atoms with Gasteiger partial charge in [0.25, 0.3) is 0 Å². The number of nitrogens with one attached hydrogen (secondary N) is 1. The molecule has 3 heterocycles. The Morgan fingerprint density at radius 3 is 1.73 bits per heavy atom. The summed E-state index contributed by atoms with van der Waals surface area (Å²) in [5.41, 5.74) is 7.26. The minimum atomic E-state index is -1.40. The monoisotopic (exact) mass is 616 g/mol. The van der Waals surface area contributed by atoms with Crippen molar-refractivity contribution in [2.45, 2.75) is 133 Å². The molecular weight excluding hydrogens is 564 g/mol. The Bertz CT molecular complexity index is 1820. The largest absolute Gasteiger partial charge is 0.467 e. The molecule has 7 nitrogen and oxygen atoms in total. The molecule has 2 aliphatic heterocycles. The van der Waals surface area contributed by atoms with Gasteiger partial charge in [-0.2, -0.15) is 0 Å². The number of benzene rings is 2. The van der Waals surface area contributed by atoms with Gasteiger partial charge in [-0.3, -0.25) is 4.79 Å². The van der Waals surface area contributed by atoms with Crippen LogP contribution in [0, 0.1) is 53.9 Å². The predicted octanol–water partition coefficient (Wildman–Crippen LogP) is 8.20. The highest BCUT2D eigenvalue weighted by atomic mass is 16.7. The van der Waals surface area contributed by atoms with E-state index in [0.29, 0.717) is 5.75 Å². The van der Waals surface area contributed by atoms with Crippen LogP contribution < -0.4 is 9.47 Å². The summed E-state index contributed by atoms with van der Waals surface area (Å²) in [6.07, 6.45) is 0. The first-order valence-corrected chi connectivity index (χ1v) is 16.0. The first-order chi connectivity index (χ1) is 20.4. The van der Waals surface area contributed by atoms with E-state index in [-0.39, 0.29) is 5.91 Å². The second-order valence-electron chi connectivity index (χ2n) is 15.8. The van der Waals surface area contributed by atoms with Crippen LogP contribution in [0.15, 0.2) is 0 Å². The van der Waals surface area contributed by atoms with Gasteiger partial charge in [0.1, 0.15) is 11.1 Å². The average molecular weight is 617 g/mol. The number of rotatable bonds is 2. The van der Waals surface area contributed by atoms with Gasteiger partial charge in [-0.25, -0.2) is 4.79 Å². The molecule has 5 rings (SSSR count). The van der Waals surface area contributed by atoms with E-state index in [9.17, 15) is 4.79 Å². The van der Waals surface area contributed by atoms with Crippen molar-refractivity contribution in [2.24, 2.45) is 5.41 Å². The fraction of sp³-hybridized carbons (Fsp3) is 0.579. The summed E-state index contributed by atoms with van der Waals surface area (Å²) in [6, 6.07) is 0. The smallest absolute Gasteiger partial charge is 0.332 e. The van der Waals surface area contributed by atoms with E-state index in [2.05, 4.69) is 60.4 Å². The summed E-state index contributed by atoms with van der Waals surface area (Å²) >= 11 is 0. The van der Waals surface area contributed by atoms with Gasteiger partial charge in [0.05, 0.1) is 12.8 Å². The van der Waals surface area contributed by atoms with Crippen molar-refractivity contribution in [1.82, 2.24) is 9.88 Å². The Morgan fingerprint density at radius 2 is 1.22 bits per heavy atom. The lowest BCUT2D eigenvalue weighted by Crippen LogP contribution is -2.74. The number of carbonyl (C=O) groups is 2. The van der Waals surface area contributed by atoms with Gasteiger partial charge in [0.15, 0.2) is 11.5 Å². The van der Waals surface area contributed by atoms with Gasteiger partial charge < -0.3 is 24.1 Å². The number of carbonyl (C=O) groups excluding carboxylic acids is 2. The minimum Gasteiger partial charge on any atom is -0.467 e. The number of H-pyrrole nitrogens is 1. The maximum atomic E-state index is 15.1. The highest BCUT2D eigenvalue weighted by Crippen LogP contribution is 2.61. The third-order valence-corrected chi connectivity index (χ3v) is 11.5. The maximum absolute atomic E-state index is 15.1. The molecule has 0 bridgehead atoms. The molecule has 1 N–H and O–H groups in total. The van der Waals surface area contributed by atoms with Crippen LogP contribution in [0.1, 0.15) is 118 Å². The average Bonchev–Trinajstić information content (AvgIpc) is 3.51. The molecule has 7 heteroatoms. The van der Waals surface area contributed by atoms with Gasteiger partial charge in [-0.15, -0.1) is 0 Å². The number of fused-ring (bicyclic) bond motifs is 4. The summed E-state index contributed by atoms with van der Waals surface area (Å²) in [4.78, 5) is 35.3. The molecule has 0 saturated carbocycles. The summed E-state index contributed by atoms with van der Waals surface area (Å²) in [6.45, 7) is 32.5. The molecule has 0 fully saturated rings. The van der Waals surface area contributed by atoms with Crippen molar-refractivity contribution in [3.63, 3.8) is 0 Å². The molecular formula is C38H52N2O5. The third kappa shape index (κ3) is 3.94. The number of amides is 1. The molecule has 0 spiro atoms. The molecule has 244 valence electrons. The molecule has 0 radical (unpaired) electrons. The zero-order valence-electron chi connectivity index (χ0n) is 30.5. The van der Waals surface area contributed by atoms with Crippen molar-refractivity contribution in [2.75, 3.05) is 7.11 Å². The quantitative estimate of drug-likeness (QED) is 0.294. The number of aryl methyl sites for hydroxylation is 2. The van der Waals surface area contributed by atoms with Crippen LogP contribution in [-0.4, -0.2) is 40.2 Å². The molecule has 1 aromatic heterocycles. The molecule has 0 unspecified atom stereocenters. The van der Waals surface area contributed by atoms with Crippen LogP contribution >= 0.6 is 0 Å². The SMILES string of the molecule is COC(=O)[C@]1(C)N(C(=O)C(C)(C)C)[C@](C)(c2c(C)c(C)c3c(c2C)OC(C)(C)O3)c2[nH]c3c(C)c(C)c(C)c(C)c3c2C1(C)C. The maximum Gasteiger partial charge on any atom is 0.332 e. The van der Waals surface area contributed by atoms with Crippen LogP contribution in [0.4, 0.5) is 0 Å². The summed E-state index contributed by atoms with van der Waals surface area (Å²) in [5.74, 6) is -0.0504. The fourth-order valence-electron chi connectivity index (χ4n) is 8.27. The molecule has 3 aromatic rings. The number of hydrogen-bond acceptors (Lipinski definition) is 5. The van der Waals surface area contributed by atoms with Crippen molar-refractivity contribution < 1.29 is 23.8 Å². The van der Waals surface area contributed by atoms with Crippen LogP contribution in [0.5, 0.6) is 11.5 Å². The van der Waals surface area contributed by atoms with E-state index in [4.69, 9.17) is 14.2 Å². The number of ether oxygens (including phenoxy) is 3. The number of aromatic amines is 1. The Labute approximate surface area is 269 Å². The van der Waals surface area contributed by atoms with E-state index in [1.807, 2.05) is 60.3 Å². The lowest BCUT2D eigenvalue weighted by molar-refractivity contribution is -0.180. The zero-order chi connectivity index (χ0) is 34.1. The van der Waals surface area contributed by atoms with Crippen molar-refractivity contribution >= 4 is 22.8 Å². The van der Waals surface area contributed by atoms with Crippen LogP contribution in [-0.2, 0) is 25.3 Å². The molecule has 0 saturated heterocycles. The normalized spacial score (nSPS) is 23.4. The summed E-state index contributed by atoms with van der Waals surface area (Å²) in [5, 5.41) is 1.11. The number of aromatic nitrogens is 1. The van der Waals surface area contributed by atoms with Crippen molar-refractivity contribution in [3.05, 3.63) is 55.8 Å². The van der Waals surface area contributed by atoms with Gasteiger partial charge in [0, 0.05) is 41.1 Å². The van der Waals surface area contributed by atoms with Gasteiger partial charge in [-0.05, 0) is 107 Å². The molecule has 2 atom stereocenters.